The van der Waals surface area contributed by atoms with Crippen LogP contribution >= 0.6 is 34.0 Å². The van der Waals surface area contributed by atoms with Gasteiger partial charge >= 0.3 is 0 Å². The number of aromatic nitrogens is 4. The molecule has 0 bridgehead atoms. The van der Waals surface area contributed by atoms with Gasteiger partial charge in [-0.2, -0.15) is 0 Å². The van der Waals surface area contributed by atoms with E-state index in [0.29, 0.717) is 0 Å². The van der Waals surface area contributed by atoms with E-state index < -0.39 is 0 Å². The number of hydrogen-bond donors (Lipinski definition) is 0. The molecule has 608 valence electrons. The molecular formula is C117H102N4S3. The van der Waals surface area contributed by atoms with Crippen molar-refractivity contribution in [3.05, 3.63) is 373 Å². The molecule has 0 radical (unpaired) electrons. The molecule has 0 fully saturated rings. The molecule has 1 aliphatic rings. The Morgan fingerprint density at radius 1 is 0.202 bits per heavy atom. The predicted octanol–water partition coefficient (Wildman–Crippen LogP) is 35.2. The zero-order chi connectivity index (χ0) is 83.5. The van der Waals surface area contributed by atoms with Crippen LogP contribution in [0.15, 0.2) is 340 Å². The fourth-order valence-corrected chi connectivity index (χ4v) is 24.0. The van der Waals surface area contributed by atoms with Gasteiger partial charge in [-0.05, 0) is 226 Å². The van der Waals surface area contributed by atoms with Crippen LogP contribution in [0.3, 0.4) is 0 Å². The van der Waals surface area contributed by atoms with Gasteiger partial charge in [-0.25, -0.2) is 0 Å². The molecule has 124 heavy (non-hydrogen) atoms. The Balaban J connectivity index is 0.000000104. The first-order chi connectivity index (χ1) is 61.1. The van der Waals surface area contributed by atoms with E-state index in [2.05, 4.69) is 400 Å². The van der Waals surface area contributed by atoms with Gasteiger partial charge in [0.05, 0.1) is 44.1 Å². The number of aryl methyl sites for hydroxylation is 4. The zero-order valence-corrected chi connectivity index (χ0v) is 74.2. The largest absolute Gasteiger partial charge is 0.309 e. The van der Waals surface area contributed by atoms with Crippen molar-refractivity contribution in [3.8, 4) is 33.9 Å². The van der Waals surface area contributed by atoms with Gasteiger partial charge < -0.3 is 18.3 Å². The first-order valence-electron chi connectivity index (χ1n) is 45.1. The van der Waals surface area contributed by atoms with Gasteiger partial charge in [0, 0.05) is 132 Å². The Bertz CT molecular complexity index is 7930. The molecule has 7 heteroatoms. The second-order valence-electron chi connectivity index (χ2n) is 34.7. The van der Waals surface area contributed by atoms with Gasteiger partial charge in [0.1, 0.15) is 0 Å². The van der Waals surface area contributed by atoms with Crippen molar-refractivity contribution in [2.75, 3.05) is 0 Å². The summed E-state index contributed by atoms with van der Waals surface area (Å²) in [6, 6.07) is 125. The summed E-state index contributed by atoms with van der Waals surface area (Å²) < 4.78 is 17.8. The average Bonchev–Trinajstić information content (AvgIpc) is 1.53. The van der Waals surface area contributed by atoms with Crippen LogP contribution in [-0.4, -0.2) is 18.3 Å². The Morgan fingerprint density at radius 3 is 1.10 bits per heavy atom. The number of benzene rings is 16. The van der Waals surface area contributed by atoms with E-state index in [1.54, 1.807) is 11.1 Å². The third-order valence-electron chi connectivity index (χ3n) is 26.5. The van der Waals surface area contributed by atoms with Gasteiger partial charge in [0.2, 0.25) is 0 Å². The molecule has 16 aromatic carbocycles. The van der Waals surface area contributed by atoms with Crippen molar-refractivity contribution in [2.24, 2.45) is 0 Å². The fraction of sp³-hybridized carbons (Fsp3) is 0.179. The van der Waals surface area contributed by atoms with Crippen molar-refractivity contribution in [2.45, 2.75) is 137 Å². The van der Waals surface area contributed by atoms with Crippen LogP contribution in [0.25, 0.3) is 182 Å². The number of thiophene rings is 3. The van der Waals surface area contributed by atoms with E-state index in [0.717, 1.165) is 0 Å². The van der Waals surface area contributed by atoms with Crippen LogP contribution < -0.4 is 0 Å². The molecule has 23 aromatic rings. The lowest BCUT2D eigenvalue weighted by Crippen LogP contribution is -2.25. The van der Waals surface area contributed by atoms with E-state index in [9.17, 15) is 0 Å². The van der Waals surface area contributed by atoms with Crippen molar-refractivity contribution in [3.63, 3.8) is 0 Å². The van der Waals surface area contributed by atoms with E-state index >= 15 is 0 Å². The average molecular weight is 1660 g/mol. The van der Waals surface area contributed by atoms with Crippen LogP contribution in [0.4, 0.5) is 0 Å². The quantitative estimate of drug-likeness (QED) is 0.0763. The predicted molar refractivity (Wildman–Crippen MR) is 543 cm³/mol. The van der Waals surface area contributed by atoms with Crippen LogP contribution in [0, 0.1) is 27.7 Å². The molecule has 0 N–H and O–H groups in total. The molecule has 0 aliphatic heterocycles. The number of hydrogen-bond acceptors (Lipinski definition) is 3. The summed E-state index contributed by atoms with van der Waals surface area (Å²) in [5.74, 6) is 0. The Hall–Kier alpha value is -12.6. The molecule has 0 saturated heterocycles. The van der Waals surface area contributed by atoms with E-state index in [1.807, 2.05) is 34.0 Å². The lowest BCUT2D eigenvalue weighted by molar-refractivity contribution is 0.398. The van der Waals surface area contributed by atoms with Gasteiger partial charge in [-0.1, -0.05) is 290 Å². The van der Waals surface area contributed by atoms with E-state index in [-0.39, 0.29) is 5.41 Å². The highest BCUT2D eigenvalue weighted by Gasteiger charge is 2.43. The third kappa shape index (κ3) is 14.1. The van der Waals surface area contributed by atoms with Crippen molar-refractivity contribution in [1.82, 2.24) is 18.3 Å². The summed E-state index contributed by atoms with van der Waals surface area (Å²) in [4.78, 5) is 0. The molecule has 4 nitrogen and oxygen atoms in total. The standard InChI is InChI=1S/C42H51N.3C25H17NS/c1-4-6-8-10-12-18-27-42(28-19-13-11-9-7-5-2)38-25-16-14-23-34(38)36-30-37-35-24-15-17-26-40(35)43(41(37)31-39(36)42)33-22-20-21-32(3)29-33;1-16-11-12-18-20-14-21-19-9-5-6-10-24(19)27-25(21)15-23(20)26(22(18)13-16)17-7-3-2-4-8-17;1-16-11-12-24-20(13-16)21-14-19-18-9-5-6-10-22(18)26(17-7-3-2-4-8-17)23(19)15-25(21)27-24;1-16-11-12-22-19(13-16)20-14-21-18-9-5-6-10-24(18)27-25(21)15-23(20)26(22)17-7-3-2-4-8-17/h14-17,20-26,29-31H,4-13,18-19,27-28H2,1-3H3;3*2-15H,1H3. The van der Waals surface area contributed by atoms with E-state index in [4.69, 9.17) is 0 Å². The number of nitrogens with zero attached hydrogens (tertiary/aromatic N) is 4. The molecular weight excluding hydrogens is 1560 g/mol. The minimum Gasteiger partial charge on any atom is -0.309 e. The topological polar surface area (TPSA) is 19.7 Å². The highest BCUT2D eigenvalue weighted by molar-refractivity contribution is 7.26. The lowest BCUT2D eigenvalue weighted by Gasteiger charge is -2.33. The van der Waals surface area contributed by atoms with Gasteiger partial charge in [-0.3, -0.25) is 0 Å². The normalized spacial score (nSPS) is 12.5. The highest BCUT2D eigenvalue weighted by atomic mass is 32.1. The second kappa shape index (κ2) is 33.6. The van der Waals surface area contributed by atoms with Crippen molar-refractivity contribution in [1.29, 1.82) is 0 Å². The van der Waals surface area contributed by atoms with Gasteiger partial charge in [-0.15, -0.1) is 34.0 Å². The zero-order valence-electron chi connectivity index (χ0n) is 71.7. The summed E-state index contributed by atoms with van der Waals surface area (Å²) in [5, 5.41) is 18.8. The van der Waals surface area contributed by atoms with Crippen LogP contribution in [-0.2, 0) is 5.41 Å². The Kier molecular flexibility index (Phi) is 21.3. The molecule has 0 spiro atoms. The smallest absolute Gasteiger partial charge is 0.0555 e. The van der Waals surface area contributed by atoms with Crippen LogP contribution in [0.1, 0.15) is 137 Å². The molecule has 0 unspecified atom stereocenters. The van der Waals surface area contributed by atoms with Gasteiger partial charge in [0.25, 0.3) is 0 Å². The van der Waals surface area contributed by atoms with Crippen LogP contribution in [0.5, 0.6) is 0 Å². The van der Waals surface area contributed by atoms with Crippen molar-refractivity contribution < 1.29 is 0 Å². The monoisotopic (exact) mass is 1660 g/mol. The number of para-hydroxylation sites is 5. The summed E-state index contributed by atoms with van der Waals surface area (Å²) in [5.41, 5.74) is 26.6. The van der Waals surface area contributed by atoms with Gasteiger partial charge in [0.15, 0.2) is 0 Å². The Morgan fingerprint density at radius 2 is 0.556 bits per heavy atom. The maximum atomic E-state index is 2.63. The maximum Gasteiger partial charge on any atom is 0.0555 e. The first kappa shape index (κ1) is 78.6. The molecule has 0 atom stereocenters. The number of fused-ring (bicyclic) bond motifs is 24. The van der Waals surface area contributed by atoms with E-state index in [1.165, 1.54) is 294 Å². The second-order valence-corrected chi connectivity index (χ2v) is 38.0. The minimum atomic E-state index is 0.101. The van der Waals surface area contributed by atoms with Crippen molar-refractivity contribution >= 4 is 182 Å². The number of rotatable bonds is 18. The molecule has 1 aliphatic carbocycles. The molecule has 24 rings (SSSR count). The summed E-state index contributed by atoms with van der Waals surface area (Å²) in [6.07, 6.45) is 18.7. The SMILES string of the molecule is CCCCCCCCC1(CCCCCCCC)c2ccccc2-c2cc3c4ccccc4n(-c4cccc(C)c4)c3cc21.Cc1ccc2c(c1)c1cc3c(cc1n2-c1ccccc1)sc1ccccc13.Cc1ccc2c3cc4c(cc3n(-c3ccccc3)c2c1)sc1ccccc14.Cc1ccc2sc3cc4c(cc3c2c1)c1ccccc1n4-c1ccccc1. The maximum absolute atomic E-state index is 2.63. The summed E-state index contributed by atoms with van der Waals surface area (Å²) >= 11 is 5.65. The fourth-order valence-electron chi connectivity index (χ4n) is 20.7. The summed E-state index contributed by atoms with van der Waals surface area (Å²) in [7, 11) is 0. The lowest BCUT2D eigenvalue weighted by atomic mass is 9.70. The first-order valence-corrected chi connectivity index (χ1v) is 47.5. The highest BCUT2D eigenvalue weighted by Crippen LogP contribution is 2.57. The van der Waals surface area contributed by atoms with Crippen LogP contribution in [0.2, 0.25) is 0 Å². The molecule has 7 heterocycles. The Labute approximate surface area is 738 Å². The summed E-state index contributed by atoms with van der Waals surface area (Å²) in [6.45, 7) is 13.3. The molecule has 7 aromatic heterocycles. The molecule has 0 amide bonds. The number of unbranched alkanes of at least 4 members (excludes halogenated alkanes) is 10. The third-order valence-corrected chi connectivity index (χ3v) is 29.9. The molecule has 0 saturated carbocycles. The minimum absolute atomic E-state index is 0.101.